The number of hydrogen-bond acceptors (Lipinski definition) is 3. The molecule has 0 atom stereocenters. The monoisotopic (exact) mass is 578 g/mol. The predicted molar refractivity (Wildman–Crippen MR) is 147 cm³/mol. The zero-order valence-electron chi connectivity index (χ0n) is 23.3. The van der Waals surface area contributed by atoms with Gasteiger partial charge in [0.15, 0.2) is 0 Å². The summed E-state index contributed by atoms with van der Waals surface area (Å²) in [6, 6.07) is 17.1. The SMILES string of the molecule is C/C(C([NH-])=O)=C(/C)c1ccccc1.CC.CC.CC.Cc1cc[c-]cc1S(=O)(=O)N=CN(C)C.[Y]. The Kier molecular flexibility index (Phi) is 27.5. The van der Waals surface area contributed by atoms with Gasteiger partial charge in [-0.1, -0.05) is 78.8 Å². The zero-order chi connectivity index (χ0) is 27.3. The van der Waals surface area contributed by atoms with Gasteiger partial charge in [0.05, 0.1) is 5.91 Å². The molecule has 8 heteroatoms. The minimum Gasteiger partial charge on any atom is -0.664 e. The summed E-state index contributed by atoms with van der Waals surface area (Å²) in [5, 5.41) is 0. The third kappa shape index (κ3) is 17.3. The number of amides is 1. The van der Waals surface area contributed by atoms with Gasteiger partial charge in [-0.15, -0.1) is 5.56 Å². The van der Waals surface area contributed by atoms with E-state index >= 15 is 0 Å². The predicted octanol–water partition coefficient (Wildman–Crippen LogP) is 7.21. The summed E-state index contributed by atoms with van der Waals surface area (Å²) in [5.74, 6) is -0.610. The quantitative estimate of drug-likeness (QED) is 0.162. The van der Waals surface area contributed by atoms with Crippen LogP contribution in [0.1, 0.15) is 66.5 Å². The van der Waals surface area contributed by atoms with Gasteiger partial charge in [0.2, 0.25) is 10.0 Å². The van der Waals surface area contributed by atoms with E-state index in [9.17, 15) is 13.2 Å². The molecule has 0 heterocycles. The van der Waals surface area contributed by atoms with Crippen LogP contribution in [0.2, 0.25) is 0 Å². The molecule has 195 valence electrons. The maximum Gasteiger partial charge on any atom is 0.237 e. The molecule has 0 aliphatic carbocycles. The van der Waals surface area contributed by atoms with Crippen molar-refractivity contribution in [2.24, 2.45) is 4.40 Å². The van der Waals surface area contributed by atoms with E-state index < -0.39 is 15.9 Å². The molecule has 0 spiro atoms. The second-order valence-corrected chi connectivity index (χ2v) is 7.90. The van der Waals surface area contributed by atoms with Crippen molar-refractivity contribution in [1.82, 2.24) is 4.90 Å². The molecule has 6 nitrogen and oxygen atoms in total. The molecule has 1 radical (unpaired) electrons. The van der Waals surface area contributed by atoms with Crippen LogP contribution >= 0.6 is 0 Å². The van der Waals surface area contributed by atoms with Gasteiger partial charge < -0.3 is 15.4 Å². The number of carbonyl (C=O) groups is 1. The molecule has 2 aromatic rings. The summed E-state index contributed by atoms with van der Waals surface area (Å²) in [6.45, 7) is 17.3. The van der Waals surface area contributed by atoms with Gasteiger partial charge in [0.25, 0.3) is 0 Å². The van der Waals surface area contributed by atoms with Gasteiger partial charge >= 0.3 is 0 Å². The van der Waals surface area contributed by atoms with E-state index in [0.717, 1.165) is 11.1 Å². The van der Waals surface area contributed by atoms with Gasteiger partial charge in [-0.05, 0) is 35.5 Å². The van der Waals surface area contributed by atoms with Gasteiger partial charge in [0, 0.05) is 46.8 Å². The van der Waals surface area contributed by atoms with Crippen molar-refractivity contribution < 1.29 is 45.9 Å². The smallest absolute Gasteiger partial charge is 0.237 e. The van der Waals surface area contributed by atoms with Crippen LogP contribution in [0.4, 0.5) is 0 Å². The standard InChI is InChI=1S/C11H13NO.C10H13N2O2S.3C2H6.Y/c1-8(9(2)11(12)13)10-6-4-3-5-7-10;1-9-6-4-5-7-10(9)15(13,14)11-8-12(2)3;3*1-2;/h3-7H,1-2H3,(H2,12,13);4,6-8H,1-3H3;3*1-2H3;/q;-1;;;;/p-1/b9-8+;;;;;. The van der Waals surface area contributed by atoms with Gasteiger partial charge in [-0.3, -0.25) is 0 Å². The number of allylic oxidation sites excluding steroid dienone is 1. The van der Waals surface area contributed by atoms with Crippen molar-refractivity contribution in [1.29, 1.82) is 0 Å². The summed E-state index contributed by atoms with van der Waals surface area (Å²) in [4.78, 5) is 12.5. The van der Waals surface area contributed by atoms with E-state index in [-0.39, 0.29) is 37.6 Å². The van der Waals surface area contributed by atoms with Crippen LogP contribution < -0.4 is 0 Å². The van der Waals surface area contributed by atoms with Crippen molar-refractivity contribution in [3.8, 4) is 0 Å². The van der Waals surface area contributed by atoms with Gasteiger partial charge in [-0.2, -0.15) is 28.7 Å². The van der Waals surface area contributed by atoms with E-state index in [0.29, 0.717) is 11.1 Å². The van der Waals surface area contributed by atoms with Crippen molar-refractivity contribution in [2.45, 2.75) is 67.2 Å². The summed E-state index contributed by atoms with van der Waals surface area (Å²) < 4.78 is 27.0. The number of nitrogens with one attached hydrogen (secondary N) is 1. The normalized spacial score (nSPS) is 10.1. The van der Waals surface area contributed by atoms with Crippen LogP contribution in [0.15, 0.2) is 63.4 Å². The van der Waals surface area contributed by atoms with Crippen LogP contribution in [0.25, 0.3) is 11.3 Å². The Labute approximate surface area is 240 Å². The Hall–Kier alpha value is -1.83. The van der Waals surface area contributed by atoms with E-state index in [2.05, 4.69) is 10.5 Å². The minimum atomic E-state index is -3.59. The number of hydrogen-bond donors (Lipinski definition) is 0. The molecular formula is C27H43N3O3SY-2. The van der Waals surface area contributed by atoms with Crippen LogP contribution in [0.3, 0.4) is 0 Å². The first-order valence-electron chi connectivity index (χ1n) is 11.5. The van der Waals surface area contributed by atoms with Crippen molar-refractivity contribution in [3.05, 3.63) is 77.0 Å². The summed E-state index contributed by atoms with van der Waals surface area (Å²) in [7, 11) is -0.167. The first-order valence-corrected chi connectivity index (χ1v) is 12.9. The number of rotatable bonds is 5. The number of benzene rings is 2. The third-order valence-corrected chi connectivity index (χ3v) is 5.20. The fourth-order valence-electron chi connectivity index (χ4n) is 2.06. The summed E-state index contributed by atoms with van der Waals surface area (Å²) in [6.07, 6.45) is 1.27. The molecular weight excluding hydrogens is 535 g/mol. The summed E-state index contributed by atoms with van der Waals surface area (Å²) in [5.41, 5.74) is 10.0. The Balaban J connectivity index is -0.000000222. The number of carbonyl (C=O) groups excluding carboxylic acids is 1. The molecule has 0 aliphatic heterocycles. The molecule has 1 amide bonds. The fourth-order valence-corrected chi connectivity index (χ4v) is 3.18. The van der Waals surface area contributed by atoms with Crippen LogP contribution in [0.5, 0.6) is 0 Å². The molecule has 0 aliphatic rings. The number of nitrogens with zero attached hydrogens (tertiary/aromatic N) is 2. The first-order chi connectivity index (χ1) is 16.1. The topological polar surface area (TPSA) is 90.6 Å². The average molecular weight is 579 g/mol. The maximum atomic E-state index is 11.7. The number of aryl methyl sites for hydroxylation is 1. The molecule has 0 saturated carbocycles. The van der Waals surface area contributed by atoms with Gasteiger partial charge in [-0.25, -0.2) is 8.42 Å². The minimum absolute atomic E-state index is 0. The Morgan fingerprint density at radius 2 is 1.46 bits per heavy atom. The largest absolute Gasteiger partial charge is 0.664 e. The van der Waals surface area contributed by atoms with Crippen molar-refractivity contribution in [3.63, 3.8) is 0 Å². The van der Waals surface area contributed by atoms with Crippen molar-refractivity contribution in [2.75, 3.05) is 14.1 Å². The second kappa shape index (κ2) is 23.9. The first kappa shape index (κ1) is 40.3. The van der Waals surface area contributed by atoms with Crippen LogP contribution in [-0.4, -0.2) is 39.7 Å². The third-order valence-electron chi connectivity index (χ3n) is 3.84. The molecule has 0 fully saturated rings. The molecule has 1 N–H and O–H groups in total. The fraction of sp³-hybridized carbons (Fsp3) is 0.407. The van der Waals surface area contributed by atoms with E-state index in [1.54, 1.807) is 45.0 Å². The Morgan fingerprint density at radius 1 is 0.971 bits per heavy atom. The average Bonchev–Trinajstić information content (AvgIpc) is 2.86. The molecule has 0 aromatic heterocycles. The second-order valence-electron chi connectivity index (χ2n) is 6.30. The van der Waals surface area contributed by atoms with Gasteiger partial charge in [0.1, 0.15) is 6.34 Å². The maximum absolute atomic E-state index is 11.7. The Morgan fingerprint density at radius 3 is 1.86 bits per heavy atom. The molecule has 2 aromatic carbocycles. The molecule has 0 bridgehead atoms. The van der Waals surface area contributed by atoms with E-state index in [1.165, 1.54) is 12.4 Å². The van der Waals surface area contributed by atoms with Crippen LogP contribution in [0, 0.1) is 13.0 Å². The van der Waals surface area contributed by atoms with E-state index in [1.807, 2.05) is 78.8 Å². The van der Waals surface area contributed by atoms with Crippen molar-refractivity contribution >= 4 is 27.8 Å². The number of sulfonamides is 1. The molecule has 0 saturated heterocycles. The molecule has 35 heavy (non-hydrogen) atoms. The summed E-state index contributed by atoms with van der Waals surface area (Å²) >= 11 is 0. The van der Waals surface area contributed by atoms with Crippen LogP contribution in [-0.2, 0) is 47.5 Å². The van der Waals surface area contributed by atoms with E-state index in [4.69, 9.17) is 5.73 Å². The molecule has 0 unspecified atom stereocenters. The molecule has 2 rings (SSSR count). The zero-order valence-corrected chi connectivity index (χ0v) is 27.0. The Bertz CT molecular complexity index is 972.